The fourth-order valence-electron chi connectivity index (χ4n) is 3.47. The van der Waals surface area contributed by atoms with Gasteiger partial charge in [0.1, 0.15) is 5.78 Å². The molecule has 0 saturated heterocycles. The Morgan fingerprint density at radius 2 is 1.80 bits per heavy atom. The first-order valence-electron chi connectivity index (χ1n) is 7.10. The summed E-state index contributed by atoms with van der Waals surface area (Å²) in [6.07, 6.45) is 4.09. The van der Waals surface area contributed by atoms with E-state index in [9.17, 15) is 4.79 Å². The number of carbonyl (C=O) groups is 1. The number of benzene rings is 1. The van der Waals surface area contributed by atoms with Crippen LogP contribution in [0, 0.1) is 17.3 Å². The molecule has 0 amide bonds. The van der Waals surface area contributed by atoms with Crippen molar-refractivity contribution in [2.75, 3.05) is 0 Å². The lowest BCUT2D eigenvalue weighted by atomic mass is 9.94. The summed E-state index contributed by atoms with van der Waals surface area (Å²) in [7, 11) is 0. The Morgan fingerprint density at radius 3 is 2.20 bits per heavy atom. The minimum Gasteiger partial charge on any atom is -0.300 e. The van der Waals surface area contributed by atoms with Crippen LogP contribution < -0.4 is 0 Å². The number of allylic oxidation sites excluding steroid dienone is 1. The summed E-state index contributed by atoms with van der Waals surface area (Å²) < 4.78 is 0. The Hall–Kier alpha value is -0.790. The molecule has 20 heavy (non-hydrogen) atoms. The SMILES string of the molecule is CCC1(CC)C(C=C(Cl)c2ccc(Cl)cc2)C1C(C)=O. The summed E-state index contributed by atoms with van der Waals surface area (Å²) in [5.41, 5.74) is 1.06. The zero-order chi connectivity index (χ0) is 14.9. The number of rotatable bonds is 5. The van der Waals surface area contributed by atoms with Gasteiger partial charge in [-0.15, -0.1) is 0 Å². The highest BCUT2D eigenvalue weighted by molar-refractivity contribution is 6.48. The lowest BCUT2D eigenvalue weighted by molar-refractivity contribution is -0.119. The second-order valence-corrected chi connectivity index (χ2v) is 6.42. The first kappa shape index (κ1) is 15.6. The molecule has 0 bridgehead atoms. The molecule has 2 unspecified atom stereocenters. The summed E-state index contributed by atoms with van der Waals surface area (Å²) in [5.74, 6) is 0.659. The standard InChI is InChI=1S/C17H20Cl2O/c1-4-17(5-2)14(16(17)11(3)20)10-15(19)12-6-8-13(18)9-7-12/h6-10,14,16H,4-5H2,1-3H3. The van der Waals surface area contributed by atoms with Crippen LogP contribution in [0.5, 0.6) is 0 Å². The van der Waals surface area contributed by atoms with Crippen molar-refractivity contribution in [1.82, 2.24) is 0 Å². The molecule has 2 rings (SSSR count). The number of ketones is 1. The second kappa shape index (κ2) is 5.91. The molecule has 1 aliphatic rings. The van der Waals surface area contributed by atoms with Crippen LogP contribution in [0.25, 0.3) is 5.03 Å². The van der Waals surface area contributed by atoms with E-state index in [1.165, 1.54) is 0 Å². The molecule has 1 aromatic carbocycles. The smallest absolute Gasteiger partial charge is 0.134 e. The normalized spacial score (nSPS) is 24.6. The van der Waals surface area contributed by atoms with Crippen LogP contribution >= 0.6 is 23.2 Å². The third-order valence-corrected chi connectivity index (χ3v) is 5.33. The van der Waals surface area contributed by atoms with Crippen molar-refractivity contribution in [2.45, 2.75) is 33.6 Å². The van der Waals surface area contributed by atoms with E-state index in [0.29, 0.717) is 10.1 Å². The van der Waals surface area contributed by atoms with Gasteiger partial charge in [0.2, 0.25) is 0 Å². The third kappa shape index (κ3) is 2.66. The first-order valence-corrected chi connectivity index (χ1v) is 7.85. The van der Waals surface area contributed by atoms with Crippen molar-refractivity contribution in [3.05, 3.63) is 40.9 Å². The average molecular weight is 311 g/mol. The van der Waals surface area contributed by atoms with Gasteiger partial charge in [-0.1, -0.05) is 55.3 Å². The Bertz CT molecular complexity index is 526. The molecule has 3 heteroatoms. The van der Waals surface area contributed by atoms with E-state index in [1.54, 1.807) is 6.92 Å². The topological polar surface area (TPSA) is 17.1 Å². The van der Waals surface area contributed by atoms with Gasteiger partial charge in [0.25, 0.3) is 0 Å². The summed E-state index contributed by atoms with van der Waals surface area (Å²) in [6.45, 7) is 6.00. The number of Topliss-reactive ketones (excluding diaryl/α,β-unsaturated/α-hetero) is 1. The molecule has 1 nitrogen and oxygen atoms in total. The number of hydrogen-bond donors (Lipinski definition) is 0. The number of halogens is 2. The van der Waals surface area contributed by atoms with Crippen LogP contribution in [0.1, 0.15) is 39.2 Å². The third-order valence-electron chi connectivity index (χ3n) is 4.73. The van der Waals surface area contributed by atoms with Crippen LogP contribution in [-0.4, -0.2) is 5.78 Å². The molecule has 2 atom stereocenters. The Morgan fingerprint density at radius 1 is 1.25 bits per heavy atom. The maximum absolute atomic E-state index is 11.8. The summed E-state index contributed by atoms with van der Waals surface area (Å²) >= 11 is 12.3. The highest BCUT2D eigenvalue weighted by Crippen LogP contribution is 2.64. The van der Waals surface area contributed by atoms with Gasteiger partial charge >= 0.3 is 0 Å². The van der Waals surface area contributed by atoms with Crippen molar-refractivity contribution in [3.63, 3.8) is 0 Å². The molecule has 1 saturated carbocycles. The number of carbonyl (C=O) groups excluding carboxylic acids is 1. The fraction of sp³-hybridized carbons (Fsp3) is 0.471. The van der Waals surface area contributed by atoms with Crippen LogP contribution in [0.15, 0.2) is 30.3 Å². The van der Waals surface area contributed by atoms with Gasteiger partial charge in [-0.3, -0.25) is 4.79 Å². The van der Waals surface area contributed by atoms with Crippen molar-refractivity contribution in [1.29, 1.82) is 0 Å². The maximum Gasteiger partial charge on any atom is 0.134 e. The fourth-order valence-corrected chi connectivity index (χ4v) is 3.86. The molecular formula is C17H20Cl2O. The first-order chi connectivity index (χ1) is 9.46. The zero-order valence-corrected chi connectivity index (χ0v) is 13.6. The highest BCUT2D eigenvalue weighted by Gasteiger charge is 2.62. The Labute approximate surface area is 131 Å². The predicted octanol–water partition coefficient (Wildman–Crippen LogP) is 5.56. The lowest BCUT2D eigenvalue weighted by Crippen LogP contribution is -2.06. The van der Waals surface area contributed by atoms with Gasteiger partial charge in [0.05, 0.1) is 0 Å². The van der Waals surface area contributed by atoms with E-state index in [-0.39, 0.29) is 23.0 Å². The highest BCUT2D eigenvalue weighted by atomic mass is 35.5. The lowest BCUT2D eigenvalue weighted by Gasteiger charge is -2.11. The van der Waals surface area contributed by atoms with Crippen molar-refractivity contribution in [3.8, 4) is 0 Å². The second-order valence-electron chi connectivity index (χ2n) is 5.58. The molecule has 0 aliphatic heterocycles. The van der Waals surface area contributed by atoms with E-state index in [0.717, 1.165) is 18.4 Å². The van der Waals surface area contributed by atoms with E-state index in [2.05, 4.69) is 19.9 Å². The van der Waals surface area contributed by atoms with Gasteiger partial charge < -0.3 is 0 Å². The van der Waals surface area contributed by atoms with Gasteiger partial charge in [0, 0.05) is 16.0 Å². The largest absolute Gasteiger partial charge is 0.300 e. The van der Waals surface area contributed by atoms with E-state index in [1.807, 2.05) is 24.3 Å². The van der Waals surface area contributed by atoms with Gasteiger partial charge in [0.15, 0.2) is 0 Å². The van der Waals surface area contributed by atoms with Crippen LogP contribution in [0.4, 0.5) is 0 Å². The minimum absolute atomic E-state index is 0.110. The predicted molar refractivity (Wildman–Crippen MR) is 86.0 cm³/mol. The number of hydrogen-bond acceptors (Lipinski definition) is 1. The van der Waals surface area contributed by atoms with Crippen LogP contribution in [0.2, 0.25) is 5.02 Å². The van der Waals surface area contributed by atoms with Gasteiger partial charge in [-0.05, 0) is 48.8 Å². The molecule has 0 aromatic heterocycles. The van der Waals surface area contributed by atoms with Gasteiger partial charge in [-0.25, -0.2) is 0 Å². The Kier molecular flexibility index (Phi) is 4.61. The van der Waals surface area contributed by atoms with E-state index >= 15 is 0 Å². The van der Waals surface area contributed by atoms with Crippen molar-refractivity contribution >= 4 is 34.0 Å². The van der Waals surface area contributed by atoms with E-state index in [4.69, 9.17) is 23.2 Å². The van der Waals surface area contributed by atoms with Crippen molar-refractivity contribution < 1.29 is 4.79 Å². The molecule has 0 N–H and O–H groups in total. The minimum atomic E-state index is 0.110. The van der Waals surface area contributed by atoms with Crippen LogP contribution in [0.3, 0.4) is 0 Å². The molecule has 0 radical (unpaired) electrons. The average Bonchev–Trinajstić information content (AvgIpc) is 3.07. The van der Waals surface area contributed by atoms with E-state index < -0.39 is 0 Å². The van der Waals surface area contributed by atoms with Gasteiger partial charge in [-0.2, -0.15) is 0 Å². The van der Waals surface area contributed by atoms with Crippen LogP contribution in [-0.2, 0) is 4.79 Å². The molecule has 108 valence electrons. The monoisotopic (exact) mass is 310 g/mol. The van der Waals surface area contributed by atoms with Crippen molar-refractivity contribution in [2.24, 2.45) is 17.3 Å². The Balaban J connectivity index is 2.26. The zero-order valence-electron chi connectivity index (χ0n) is 12.1. The molecule has 1 aliphatic carbocycles. The summed E-state index contributed by atoms with van der Waals surface area (Å²) in [4.78, 5) is 11.8. The summed E-state index contributed by atoms with van der Waals surface area (Å²) in [6, 6.07) is 7.47. The molecular weight excluding hydrogens is 291 g/mol. The molecule has 1 fully saturated rings. The molecule has 1 aromatic rings. The maximum atomic E-state index is 11.8. The quantitative estimate of drug-likeness (QED) is 0.695. The molecule has 0 spiro atoms. The molecule has 0 heterocycles. The summed E-state index contributed by atoms with van der Waals surface area (Å²) in [5, 5.41) is 1.41.